The number of nitrogens with one attached hydrogen (secondary N) is 1. The van der Waals surface area contributed by atoms with Crippen LogP contribution in [0.4, 0.5) is 17.1 Å². The number of benzene rings is 3. The standard InChI is InChI=1S/C28H27N3O4/c1-18-8-9-20(15-22(18)29-27(32)19-10-11-25-26(16-19)35-14-13-34-25)28(33)31-17-21-5-4-12-30(21)23-6-2-3-7-24(23)31/h2-3,6-11,15-16,21H,4-5,12-14,17H2,1H3,(H,29,32). The summed E-state index contributed by atoms with van der Waals surface area (Å²) in [5.74, 6) is 0.881. The van der Waals surface area contributed by atoms with Gasteiger partial charge in [-0.15, -0.1) is 0 Å². The summed E-state index contributed by atoms with van der Waals surface area (Å²) in [5, 5.41) is 2.97. The van der Waals surface area contributed by atoms with Crippen LogP contribution in [0.2, 0.25) is 0 Å². The largest absolute Gasteiger partial charge is 0.486 e. The van der Waals surface area contributed by atoms with Gasteiger partial charge in [-0.1, -0.05) is 18.2 Å². The summed E-state index contributed by atoms with van der Waals surface area (Å²) in [6, 6.07) is 19.1. The SMILES string of the molecule is Cc1ccc(C(=O)N2CC3CCCN3c3ccccc32)cc1NC(=O)c1ccc2c(c1)OCCO2. The van der Waals surface area contributed by atoms with Gasteiger partial charge in [0.15, 0.2) is 11.5 Å². The molecule has 3 aromatic carbocycles. The Hall–Kier alpha value is -4.00. The number of carbonyl (C=O) groups excluding carboxylic acids is 2. The van der Waals surface area contributed by atoms with Crippen molar-refractivity contribution in [3.8, 4) is 11.5 Å². The van der Waals surface area contributed by atoms with Gasteiger partial charge in [-0.2, -0.15) is 0 Å². The highest BCUT2D eigenvalue weighted by Crippen LogP contribution is 2.40. The molecule has 1 unspecified atom stereocenters. The number of aryl methyl sites for hydroxylation is 1. The molecule has 1 fully saturated rings. The molecule has 7 heteroatoms. The van der Waals surface area contributed by atoms with Crippen LogP contribution in [0.5, 0.6) is 11.5 Å². The molecule has 3 aromatic rings. The minimum absolute atomic E-state index is 0.0566. The van der Waals surface area contributed by atoms with Crippen LogP contribution in [0, 0.1) is 6.92 Å². The fourth-order valence-electron chi connectivity index (χ4n) is 5.20. The first kappa shape index (κ1) is 21.5. The topological polar surface area (TPSA) is 71.1 Å². The molecule has 1 saturated heterocycles. The van der Waals surface area contributed by atoms with E-state index in [1.807, 2.05) is 42.2 Å². The summed E-state index contributed by atoms with van der Waals surface area (Å²) >= 11 is 0. The molecule has 0 aliphatic carbocycles. The Kier molecular flexibility index (Phi) is 5.32. The fourth-order valence-corrected chi connectivity index (χ4v) is 5.20. The minimum atomic E-state index is -0.264. The first-order valence-corrected chi connectivity index (χ1v) is 12.1. The Morgan fingerprint density at radius 2 is 1.69 bits per heavy atom. The second-order valence-corrected chi connectivity index (χ2v) is 9.24. The molecular formula is C28H27N3O4. The molecule has 178 valence electrons. The summed E-state index contributed by atoms with van der Waals surface area (Å²) < 4.78 is 11.2. The van der Waals surface area contributed by atoms with Crippen molar-refractivity contribution in [2.75, 3.05) is 41.4 Å². The van der Waals surface area contributed by atoms with Gasteiger partial charge in [0.05, 0.1) is 11.4 Å². The highest BCUT2D eigenvalue weighted by Gasteiger charge is 2.36. The maximum Gasteiger partial charge on any atom is 0.258 e. The fraction of sp³-hybridized carbons (Fsp3) is 0.286. The van der Waals surface area contributed by atoms with Crippen LogP contribution < -0.4 is 24.6 Å². The zero-order valence-electron chi connectivity index (χ0n) is 19.6. The zero-order valence-corrected chi connectivity index (χ0v) is 19.6. The first-order chi connectivity index (χ1) is 17.1. The highest BCUT2D eigenvalue weighted by molar-refractivity contribution is 6.10. The average Bonchev–Trinajstić information content (AvgIpc) is 3.38. The third-order valence-corrected chi connectivity index (χ3v) is 7.03. The van der Waals surface area contributed by atoms with Crippen LogP contribution in [-0.4, -0.2) is 44.2 Å². The number of nitrogens with zero attached hydrogens (tertiary/aromatic N) is 2. The normalized spacial score (nSPS) is 18.0. The van der Waals surface area contributed by atoms with Gasteiger partial charge in [-0.25, -0.2) is 0 Å². The van der Waals surface area contributed by atoms with Crippen molar-refractivity contribution < 1.29 is 19.1 Å². The molecule has 6 rings (SSSR count). The number of hydrogen-bond acceptors (Lipinski definition) is 5. The molecule has 3 aliphatic rings. The van der Waals surface area contributed by atoms with Crippen molar-refractivity contribution in [3.05, 3.63) is 77.4 Å². The van der Waals surface area contributed by atoms with E-state index in [0.717, 1.165) is 36.3 Å². The van der Waals surface area contributed by atoms with Crippen LogP contribution in [0.3, 0.4) is 0 Å². The van der Waals surface area contributed by atoms with Gasteiger partial charge in [-0.05, 0) is 67.8 Å². The van der Waals surface area contributed by atoms with Gasteiger partial charge in [-0.3, -0.25) is 9.59 Å². The Morgan fingerprint density at radius 3 is 2.54 bits per heavy atom. The molecule has 35 heavy (non-hydrogen) atoms. The quantitative estimate of drug-likeness (QED) is 0.605. The van der Waals surface area contributed by atoms with Gasteiger partial charge < -0.3 is 24.6 Å². The molecule has 0 aromatic heterocycles. The molecule has 0 saturated carbocycles. The Morgan fingerprint density at radius 1 is 0.914 bits per heavy atom. The number of carbonyl (C=O) groups is 2. The second-order valence-electron chi connectivity index (χ2n) is 9.24. The number of para-hydroxylation sites is 2. The lowest BCUT2D eigenvalue weighted by Gasteiger charge is -2.40. The van der Waals surface area contributed by atoms with Crippen LogP contribution in [0.15, 0.2) is 60.7 Å². The van der Waals surface area contributed by atoms with E-state index in [2.05, 4.69) is 16.3 Å². The van der Waals surface area contributed by atoms with Crippen LogP contribution in [-0.2, 0) is 0 Å². The molecule has 0 radical (unpaired) electrons. The van der Waals surface area contributed by atoms with Gasteiger partial charge in [0.25, 0.3) is 11.8 Å². The molecular weight excluding hydrogens is 442 g/mol. The van der Waals surface area contributed by atoms with Crippen molar-refractivity contribution in [2.45, 2.75) is 25.8 Å². The van der Waals surface area contributed by atoms with E-state index in [-0.39, 0.29) is 11.8 Å². The van der Waals surface area contributed by atoms with E-state index in [1.54, 1.807) is 24.3 Å². The lowest BCUT2D eigenvalue weighted by Crippen LogP contribution is -2.48. The maximum atomic E-state index is 13.7. The Bertz CT molecular complexity index is 1320. The summed E-state index contributed by atoms with van der Waals surface area (Å²) in [6.45, 7) is 4.57. The maximum absolute atomic E-state index is 13.7. The highest BCUT2D eigenvalue weighted by atomic mass is 16.6. The van der Waals surface area contributed by atoms with E-state index in [9.17, 15) is 9.59 Å². The van der Waals surface area contributed by atoms with E-state index in [1.165, 1.54) is 0 Å². The molecule has 3 aliphatic heterocycles. The number of amides is 2. The molecule has 1 N–H and O–H groups in total. The van der Waals surface area contributed by atoms with E-state index in [0.29, 0.717) is 54.1 Å². The van der Waals surface area contributed by atoms with Gasteiger partial charge >= 0.3 is 0 Å². The van der Waals surface area contributed by atoms with Gasteiger partial charge in [0, 0.05) is 35.9 Å². The summed E-state index contributed by atoms with van der Waals surface area (Å²) in [4.78, 5) is 31.0. The summed E-state index contributed by atoms with van der Waals surface area (Å²) in [6.07, 6.45) is 2.23. The van der Waals surface area contributed by atoms with Gasteiger partial charge in [0.1, 0.15) is 13.2 Å². The van der Waals surface area contributed by atoms with Crippen molar-refractivity contribution in [3.63, 3.8) is 0 Å². The summed E-state index contributed by atoms with van der Waals surface area (Å²) in [7, 11) is 0. The number of anilines is 3. The molecule has 0 spiro atoms. The van der Waals surface area contributed by atoms with E-state index in [4.69, 9.17) is 9.47 Å². The minimum Gasteiger partial charge on any atom is -0.486 e. The predicted molar refractivity (Wildman–Crippen MR) is 135 cm³/mol. The third kappa shape index (κ3) is 3.87. The first-order valence-electron chi connectivity index (χ1n) is 12.1. The second kappa shape index (κ2) is 8.65. The number of hydrogen-bond donors (Lipinski definition) is 1. The van der Waals surface area contributed by atoms with Crippen LogP contribution in [0.25, 0.3) is 0 Å². The Balaban J connectivity index is 1.26. The monoisotopic (exact) mass is 469 g/mol. The van der Waals surface area contributed by atoms with E-state index >= 15 is 0 Å². The van der Waals surface area contributed by atoms with Crippen molar-refractivity contribution in [2.24, 2.45) is 0 Å². The molecule has 3 heterocycles. The van der Waals surface area contributed by atoms with Gasteiger partial charge in [0.2, 0.25) is 0 Å². The predicted octanol–water partition coefficient (Wildman–Crippen LogP) is 4.65. The lowest BCUT2D eigenvalue weighted by atomic mass is 10.0. The molecule has 1 atom stereocenters. The number of rotatable bonds is 3. The molecule has 0 bridgehead atoms. The molecule has 7 nitrogen and oxygen atoms in total. The van der Waals surface area contributed by atoms with Crippen molar-refractivity contribution in [1.82, 2.24) is 0 Å². The van der Waals surface area contributed by atoms with Crippen LogP contribution >= 0.6 is 0 Å². The smallest absolute Gasteiger partial charge is 0.258 e. The number of fused-ring (bicyclic) bond motifs is 4. The van der Waals surface area contributed by atoms with E-state index < -0.39 is 0 Å². The summed E-state index contributed by atoms with van der Waals surface area (Å²) in [5.41, 5.74) is 4.58. The Labute approximate surface area is 204 Å². The number of ether oxygens (including phenoxy) is 2. The zero-order chi connectivity index (χ0) is 23.9. The molecule has 2 amide bonds. The van der Waals surface area contributed by atoms with Crippen LogP contribution in [0.1, 0.15) is 39.1 Å². The third-order valence-electron chi connectivity index (χ3n) is 7.03. The van der Waals surface area contributed by atoms with Crippen molar-refractivity contribution in [1.29, 1.82) is 0 Å². The van der Waals surface area contributed by atoms with Crippen molar-refractivity contribution >= 4 is 28.9 Å². The lowest BCUT2D eigenvalue weighted by molar-refractivity contribution is 0.0981. The average molecular weight is 470 g/mol.